The van der Waals surface area contributed by atoms with Gasteiger partial charge in [-0.25, -0.2) is 5.43 Å². The van der Waals surface area contributed by atoms with Crippen molar-refractivity contribution >= 4 is 29.7 Å². The van der Waals surface area contributed by atoms with Crippen LogP contribution in [0.3, 0.4) is 0 Å². The molecule has 0 saturated heterocycles. The van der Waals surface area contributed by atoms with Crippen molar-refractivity contribution in [1.29, 1.82) is 0 Å². The molecule has 4 rings (SSSR count). The maximum absolute atomic E-state index is 5.35. The molecule has 2 heterocycles. The smallest absolute Gasteiger partial charge is 0.250 e. The number of hydrazone groups is 1. The van der Waals surface area contributed by atoms with Gasteiger partial charge in [-0.05, 0) is 66.2 Å². The number of hydrogen-bond donors (Lipinski definition) is 3. The molecule has 0 aliphatic carbocycles. The molecular weight excluding hydrogens is 422 g/mol. The maximum atomic E-state index is 5.35. The minimum absolute atomic E-state index is 0.271. The molecule has 0 amide bonds. The van der Waals surface area contributed by atoms with E-state index in [1.165, 1.54) is 0 Å². The number of furan rings is 1. The molecule has 10 heteroatoms. The third-order valence-corrected chi connectivity index (χ3v) is 4.48. The minimum atomic E-state index is 0.271. The largest absolute Gasteiger partial charge is 0.497 e. The second kappa shape index (κ2) is 10.6. The van der Waals surface area contributed by atoms with Crippen molar-refractivity contribution in [2.75, 3.05) is 30.3 Å². The van der Waals surface area contributed by atoms with Gasteiger partial charge >= 0.3 is 0 Å². The fraction of sp³-hybridized carbons (Fsp3) is 0.130. The molecule has 10 nitrogen and oxygen atoms in total. The maximum Gasteiger partial charge on any atom is 0.250 e. The molecule has 0 radical (unpaired) electrons. The monoisotopic (exact) mass is 445 g/mol. The fourth-order valence-corrected chi connectivity index (χ4v) is 2.80. The molecule has 0 spiro atoms. The summed E-state index contributed by atoms with van der Waals surface area (Å²) >= 11 is 0. The first-order chi connectivity index (χ1) is 16.2. The zero-order valence-corrected chi connectivity index (χ0v) is 18.1. The summed E-state index contributed by atoms with van der Waals surface area (Å²) in [7, 11) is 3.25. The van der Waals surface area contributed by atoms with Gasteiger partial charge in [0.25, 0.3) is 0 Å². The van der Waals surface area contributed by atoms with E-state index in [0.29, 0.717) is 18.4 Å². The Kier molecular flexibility index (Phi) is 6.96. The van der Waals surface area contributed by atoms with E-state index in [1.54, 1.807) is 26.7 Å². The molecular formula is C23H23N7O3. The van der Waals surface area contributed by atoms with Crippen molar-refractivity contribution in [3.8, 4) is 11.5 Å². The van der Waals surface area contributed by atoms with Crippen LogP contribution in [0.4, 0.5) is 23.5 Å². The summed E-state index contributed by atoms with van der Waals surface area (Å²) in [4.78, 5) is 13.2. The topological polar surface area (TPSA) is 119 Å². The number of methoxy groups -OCH3 is 2. The van der Waals surface area contributed by atoms with E-state index in [-0.39, 0.29) is 5.95 Å². The Morgan fingerprint density at radius 3 is 2.18 bits per heavy atom. The van der Waals surface area contributed by atoms with Crippen molar-refractivity contribution in [1.82, 2.24) is 15.0 Å². The van der Waals surface area contributed by atoms with Gasteiger partial charge in [-0.3, -0.25) is 0 Å². The third-order valence-electron chi connectivity index (χ3n) is 4.48. The van der Waals surface area contributed by atoms with E-state index < -0.39 is 0 Å². The van der Waals surface area contributed by atoms with Gasteiger partial charge in [-0.2, -0.15) is 20.1 Å². The van der Waals surface area contributed by atoms with Gasteiger partial charge in [0.15, 0.2) is 0 Å². The number of rotatable bonds is 10. The first-order valence-corrected chi connectivity index (χ1v) is 10.1. The number of benzene rings is 2. The second-order valence-corrected chi connectivity index (χ2v) is 6.74. The molecule has 2 aromatic carbocycles. The predicted octanol–water partition coefficient (Wildman–Crippen LogP) is 4.28. The van der Waals surface area contributed by atoms with E-state index in [0.717, 1.165) is 28.5 Å². The standard InChI is InChI=1S/C23H23N7O3/c1-31-18-9-5-16(6-10-18)14-25-30-23-28-21(24-15-20-4-3-13-33-20)27-22(29-23)26-17-7-11-19(32-2)12-8-17/h3-14H,15H2,1-2H3,(H3,24,26,27,28,29,30). The summed E-state index contributed by atoms with van der Waals surface area (Å²) in [5.41, 5.74) is 4.54. The van der Waals surface area contributed by atoms with Crippen molar-refractivity contribution in [2.45, 2.75) is 6.54 Å². The van der Waals surface area contributed by atoms with Crippen LogP contribution >= 0.6 is 0 Å². The third kappa shape index (κ3) is 6.20. The lowest BCUT2D eigenvalue weighted by atomic mass is 10.2. The van der Waals surface area contributed by atoms with E-state index in [4.69, 9.17) is 13.9 Å². The molecule has 168 valence electrons. The van der Waals surface area contributed by atoms with Gasteiger partial charge < -0.3 is 24.5 Å². The van der Waals surface area contributed by atoms with Crippen LogP contribution in [0, 0.1) is 0 Å². The van der Waals surface area contributed by atoms with Gasteiger partial charge in [0.2, 0.25) is 17.8 Å². The Balaban J connectivity index is 1.50. The SMILES string of the molecule is COc1ccc(C=NNc2nc(NCc3ccco3)nc(Nc3ccc(OC)cc3)n2)cc1. The first-order valence-electron chi connectivity index (χ1n) is 10.1. The summed E-state index contributed by atoms with van der Waals surface area (Å²) in [6.45, 7) is 0.424. The lowest BCUT2D eigenvalue weighted by molar-refractivity contribution is 0.414. The molecule has 0 aliphatic heterocycles. The molecule has 0 aliphatic rings. The van der Waals surface area contributed by atoms with Crippen LogP contribution < -0.4 is 25.5 Å². The van der Waals surface area contributed by atoms with Gasteiger partial charge in [-0.1, -0.05) is 0 Å². The number of nitrogens with one attached hydrogen (secondary N) is 3. The fourth-order valence-electron chi connectivity index (χ4n) is 2.80. The van der Waals surface area contributed by atoms with Gasteiger partial charge in [0.1, 0.15) is 17.3 Å². The second-order valence-electron chi connectivity index (χ2n) is 6.74. The van der Waals surface area contributed by atoms with Crippen LogP contribution in [0.25, 0.3) is 0 Å². The van der Waals surface area contributed by atoms with Crippen molar-refractivity contribution in [2.24, 2.45) is 5.10 Å². The highest BCUT2D eigenvalue weighted by Crippen LogP contribution is 2.19. The quantitative estimate of drug-likeness (QED) is 0.243. The first kappa shape index (κ1) is 21.6. The van der Waals surface area contributed by atoms with Crippen molar-refractivity contribution in [3.63, 3.8) is 0 Å². The van der Waals surface area contributed by atoms with E-state index in [1.807, 2.05) is 60.7 Å². The Bertz CT molecular complexity index is 1180. The molecule has 0 fully saturated rings. The summed E-state index contributed by atoms with van der Waals surface area (Å²) in [6.07, 6.45) is 3.28. The van der Waals surface area contributed by atoms with Crippen molar-refractivity contribution in [3.05, 3.63) is 78.3 Å². The number of ether oxygens (including phenoxy) is 2. The highest BCUT2D eigenvalue weighted by molar-refractivity contribution is 5.80. The van der Waals surface area contributed by atoms with Crippen LogP contribution in [0.15, 0.2) is 76.4 Å². The van der Waals surface area contributed by atoms with Gasteiger partial charge in [0.05, 0.1) is 33.2 Å². The summed E-state index contributed by atoms with van der Waals surface area (Å²) in [6, 6.07) is 18.6. The number of hydrogen-bond acceptors (Lipinski definition) is 10. The number of nitrogens with zero attached hydrogens (tertiary/aromatic N) is 4. The van der Waals surface area contributed by atoms with E-state index >= 15 is 0 Å². The molecule has 2 aromatic heterocycles. The summed E-state index contributed by atoms with van der Waals surface area (Å²) in [5, 5.41) is 10.5. The Morgan fingerprint density at radius 1 is 0.848 bits per heavy atom. The van der Waals surface area contributed by atoms with Crippen LogP contribution in [-0.4, -0.2) is 35.4 Å². The van der Waals surface area contributed by atoms with Crippen LogP contribution in [-0.2, 0) is 6.54 Å². The molecule has 33 heavy (non-hydrogen) atoms. The summed E-state index contributed by atoms with van der Waals surface area (Å²) < 4.78 is 15.7. The Labute approximate surface area is 190 Å². The highest BCUT2D eigenvalue weighted by atomic mass is 16.5. The minimum Gasteiger partial charge on any atom is -0.497 e. The molecule has 0 bridgehead atoms. The van der Waals surface area contributed by atoms with E-state index in [9.17, 15) is 0 Å². The predicted molar refractivity (Wildman–Crippen MR) is 126 cm³/mol. The molecule has 0 saturated carbocycles. The lowest BCUT2D eigenvalue weighted by Crippen LogP contribution is -2.09. The Hall–Kier alpha value is -4.60. The number of aromatic nitrogens is 3. The zero-order chi connectivity index (χ0) is 22.9. The molecule has 0 atom stereocenters. The lowest BCUT2D eigenvalue weighted by Gasteiger charge is -2.10. The van der Waals surface area contributed by atoms with Crippen LogP contribution in [0.5, 0.6) is 11.5 Å². The molecule has 4 aromatic rings. The number of anilines is 4. The molecule has 3 N–H and O–H groups in total. The molecule has 0 unspecified atom stereocenters. The van der Waals surface area contributed by atoms with Gasteiger partial charge in [-0.15, -0.1) is 0 Å². The average Bonchev–Trinajstić information content (AvgIpc) is 3.37. The van der Waals surface area contributed by atoms with Gasteiger partial charge in [0, 0.05) is 5.69 Å². The van der Waals surface area contributed by atoms with E-state index in [2.05, 4.69) is 36.1 Å². The summed E-state index contributed by atoms with van der Waals surface area (Å²) in [5.74, 6) is 3.27. The van der Waals surface area contributed by atoms with Crippen LogP contribution in [0.2, 0.25) is 0 Å². The van der Waals surface area contributed by atoms with Crippen molar-refractivity contribution < 1.29 is 13.9 Å². The average molecular weight is 445 g/mol. The highest BCUT2D eigenvalue weighted by Gasteiger charge is 2.08. The normalized spacial score (nSPS) is 10.7. The zero-order valence-electron chi connectivity index (χ0n) is 18.1. The Morgan fingerprint density at radius 2 is 1.52 bits per heavy atom. The van der Waals surface area contributed by atoms with Crippen LogP contribution in [0.1, 0.15) is 11.3 Å².